The number of benzene rings is 1. The highest BCUT2D eigenvalue weighted by atomic mass is 19.1. The van der Waals surface area contributed by atoms with E-state index in [4.69, 9.17) is 0 Å². The number of pyridine rings is 1. The highest BCUT2D eigenvalue weighted by Crippen LogP contribution is 2.24. The molecular formula is C15H18FN3. The fraction of sp³-hybridized carbons (Fsp3) is 0.267. The Hall–Kier alpha value is -1.94. The fourth-order valence-corrected chi connectivity index (χ4v) is 1.85. The minimum atomic E-state index is -0.234. The largest absolute Gasteiger partial charge is 0.329 e. The van der Waals surface area contributed by atoms with Crippen LogP contribution in [0.3, 0.4) is 0 Å². The van der Waals surface area contributed by atoms with Crippen molar-refractivity contribution in [3.63, 3.8) is 0 Å². The van der Waals surface area contributed by atoms with Gasteiger partial charge < -0.3 is 10.2 Å². The Balaban J connectivity index is 2.28. The van der Waals surface area contributed by atoms with Gasteiger partial charge in [-0.25, -0.2) is 9.37 Å². The van der Waals surface area contributed by atoms with E-state index in [-0.39, 0.29) is 11.9 Å². The summed E-state index contributed by atoms with van der Waals surface area (Å²) in [5.41, 5.74) is 2.07. The molecule has 0 amide bonds. The predicted molar refractivity (Wildman–Crippen MR) is 76.2 cm³/mol. The van der Waals surface area contributed by atoms with E-state index in [1.54, 1.807) is 18.3 Å². The van der Waals surface area contributed by atoms with E-state index in [9.17, 15) is 4.39 Å². The second-order valence-corrected chi connectivity index (χ2v) is 4.49. The molecule has 4 heteroatoms. The van der Waals surface area contributed by atoms with E-state index < -0.39 is 0 Å². The van der Waals surface area contributed by atoms with E-state index in [0.717, 1.165) is 11.5 Å². The monoisotopic (exact) mass is 259 g/mol. The van der Waals surface area contributed by atoms with Crippen LogP contribution in [0.1, 0.15) is 18.5 Å². The van der Waals surface area contributed by atoms with E-state index in [2.05, 4.69) is 17.2 Å². The third kappa shape index (κ3) is 3.09. The maximum Gasteiger partial charge on any atom is 0.132 e. The van der Waals surface area contributed by atoms with Crippen LogP contribution in [-0.4, -0.2) is 19.1 Å². The normalized spacial score (nSPS) is 12.2. The van der Waals surface area contributed by atoms with Crippen LogP contribution in [0.5, 0.6) is 0 Å². The minimum Gasteiger partial charge on any atom is -0.329 e. The van der Waals surface area contributed by atoms with E-state index >= 15 is 0 Å². The van der Waals surface area contributed by atoms with Crippen LogP contribution in [0.4, 0.5) is 15.9 Å². The van der Waals surface area contributed by atoms with Gasteiger partial charge in [0.25, 0.3) is 0 Å². The van der Waals surface area contributed by atoms with Crippen LogP contribution in [0.2, 0.25) is 0 Å². The average molecular weight is 259 g/mol. The zero-order valence-electron chi connectivity index (χ0n) is 11.4. The van der Waals surface area contributed by atoms with Gasteiger partial charge >= 0.3 is 0 Å². The number of hydrogen-bond donors (Lipinski definition) is 1. The van der Waals surface area contributed by atoms with Gasteiger partial charge in [0.05, 0.1) is 0 Å². The molecule has 0 fully saturated rings. The molecule has 1 N–H and O–H groups in total. The number of rotatable bonds is 4. The first-order valence-electron chi connectivity index (χ1n) is 6.24. The van der Waals surface area contributed by atoms with E-state index in [0.29, 0.717) is 0 Å². The molecule has 0 saturated heterocycles. The second-order valence-electron chi connectivity index (χ2n) is 4.49. The lowest BCUT2D eigenvalue weighted by atomic mass is 10.1. The van der Waals surface area contributed by atoms with Gasteiger partial charge in [0.2, 0.25) is 0 Å². The standard InChI is InChI=1S/C15H18FN3/c1-11(17-2)12-8-9-18-15(10-12)19(3)14-6-4-13(16)5-7-14/h4-11,17H,1-3H3. The van der Waals surface area contributed by atoms with Crippen molar-refractivity contribution in [3.8, 4) is 0 Å². The molecule has 1 aromatic carbocycles. The number of halogens is 1. The molecule has 2 rings (SSSR count). The molecule has 1 aromatic heterocycles. The highest BCUT2D eigenvalue weighted by Gasteiger charge is 2.08. The zero-order chi connectivity index (χ0) is 13.8. The molecule has 0 aliphatic rings. The smallest absolute Gasteiger partial charge is 0.132 e. The molecule has 1 unspecified atom stereocenters. The Kier molecular flexibility index (Phi) is 4.12. The van der Waals surface area contributed by atoms with Crippen LogP contribution in [0, 0.1) is 5.82 Å². The SMILES string of the molecule is CNC(C)c1ccnc(N(C)c2ccc(F)cc2)c1. The quantitative estimate of drug-likeness (QED) is 0.913. The Morgan fingerprint density at radius 1 is 1.21 bits per heavy atom. The Morgan fingerprint density at radius 2 is 1.89 bits per heavy atom. The molecule has 0 aliphatic carbocycles. The number of nitrogens with zero attached hydrogens (tertiary/aromatic N) is 2. The van der Waals surface area contributed by atoms with Gasteiger partial charge in [0.15, 0.2) is 0 Å². The summed E-state index contributed by atoms with van der Waals surface area (Å²) in [6, 6.07) is 10.7. The van der Waals surface area contributed by atoms with Crippen molar-refractivity contribution in [3.05, 3.63) is 54.0 Å². The van der Waals surface area contributed by atoms with Crippen LogP contribution in [-0.2, 0) is 0 Å². The van der Waals surface area contributed by atoms with Crippen molar-refractivity contribution in [2.24, 2.45) is 0 Å². The van der Waals surface area contributed by atoms with E-state index in [1.165, 1.54) is 17.7 Å². The summed E-state index contributed by atoms with van der Waals surface area (Å²) in [5.74, 6) is 0.605. The molecule has 1 atom stereocenters. The van der Waals surface area contributed by atoms with Crippen LogP contribution in [0.25, 0.3) is 0 Å². The molecule has 100 valence electrons. The number of aromatic nitrogens is 1. The summed E-state index contributed by atoms with van der Waals surface area (Å²) in [5, 5.41) is 3.20. The van der Waals surface area contributed by atoms with Crippen molar-refractivity contribution < 1.29 is 4.39 Å². The Morgan fingerprint density at radius 3 is 2.53 bits per heavy atom. The molecule has 0 spiro atoms. The Bertz CT molecular complexity index is 539. The van der Waals surface area contributed by atoms with Crippen molar-refractivity contribution in [1.29, 1.82) is 0 Å². The summed E-state index contributed by atoms with van der Waals surface area (Å²) < 4.78 is 12.9. The third-order valence-electron chi connectivity index (χ3n) is 3.26. The molecule has 19 heavy (non-hydrogen) atoms. The maximum absolute atomic E-state index is 12.9. The number of anilines is 2. The first-order chi connectivity index (χ1) is 9.11. The maximum atomic E-state index is 12.9. The van der Waals surface area contributed by atoms with Gasteiger partial charge in [-0.1, -0.05) is 0 Å². The van der Waals surface area contributed by atoms with Crippen molar-refractivity contribution in [2.45, 2.75) is 13.0 Å². The van der Waals surface area contributed by atoms with Gasteiger partial charge in [0.1, 0.15) is 11.6 Å². The fourth-order valence-electron chi connectivity index (χ4n) is 1.85. The van der Waals surface area contributed by atoms with Gasteiger partial charge in [-0.3, -0.25) is 0 Å². The second kappa shape index (κ2) is 5.80. The van der Waals surface area contributed by atoms with E-state index in [1.807, 2.05) is 31.1 Å². The number of hydrogen-bond acceptors (Lipinski definition) is 3. The molecule has 1 heterocycles. The highest BCUT2D eigenvalue weighted by molar-refractivity contribution is 5.59. The first-order valence-corrected chi connectivity index (χ1v) is 6.24. The number of nitrogens with one attached hydrogen (secondary N) is 1. The van der Waals surface area contributed by atoms with Crippen LogP contribution in [0.15, 0.2) is 42.6 Å². The van der Waals surface area contributed by atoms with Gasteiger partial charge in [-0.15, -0.1) is 0 Å². The topological polar surface area (TPSA) is 28.2 Å². The molecule has 0 saturated carbocycles. The lowest BCUT2D eigenvalue weighted by Gasteiger charge is -2.20. The molecular weight excluding hydrogens is 241 g/mol. The third-order valence-corrected chi connectivity index (χ3v) is 3.26. The Labute approximate surface area is 113 Å². The first kappa shape index (κ1) is 13.5. The molecule has 0 aliphatic heterocycles. The minimum absolute atomic E-state index is 0.234. The van der Waals surface area contributed by atoms with Gasteiger partial charge in [-0.05, 0) is 55.9 Å². The molecule has 2 aromatic rings. The summed E-state index contributed by atoms with van der Waals surface area (Å²) in [6.45, 7) is 2.09. The zero-order valence-corrected chi connectivity index (χ0v) is 11.4. The van der Waals surface area contributed by atoms with Gasteiger partial charge in [-0.2, -0.15) is 0 Å². The van der Waals surface area contributed by atoms with Crippen molar-refractivity contribution in [1.82, 2.24) is 10.3 Å². The molecule has 0 bridgehead atoms. The molecule has 3 nitrogen and oxygen atoms in total. The summed E-state index contributed by atoms with van der Waals surface area (Å²) >= 11 is 0. The molecule has 0 radical (unpaired) electrons. The van der Waals surface area contributed by atoms with Crippen LogP contribution < -0.4 is 10.2 Å². The van der Waals surface area contributed by atoms with Crippen LogP contribution >= 0.6 is 0 Å². The predicted octanol–water partition coefficient (Wildman–Crippen LogP) is 3.27. The summed E-state index contributed by atoms with van der Waals surface area (Å²) in [4.78, 5) is 6.30. The van der Waals surface area contributed by atoms with Crippen molar-refractivity contribution >= 4 is 11.5 Å². The van der Waals surface area contributed by atoms with Crippen molar-refractivity contribution in [2.75, 3.05) is 19.0 Å². The summed E-state index contributed by atoms with van der Waals surface area (Å²) in [6.07, 6.45) is 1.79. The average Bonchev–Trinajstić information content (AvgIpc) is 2.46. The lowest BCUT2D eigenvalue weighted by Crippen LogP contribution is -2.15. The van der Waals surface area contributed by atoms with Gasteiger partial charge in [0, 0.05) is 25.0 Å². The lowest BCUT2D eigenvalue weighted by molar-refractivity contribution is 0.628. The summed E-state index contributed by atoms with van der Waals surface area (Å²) in [7, 11) is 3.85.